The van der Waals surface area contributed by atoms with Crippen molar-refractivity contribution in [2.45, 2.75) is 13.5 Å². The SMILES string of the molecule is Cc1cc(NC(N)=NCc2ccccc2)ccc1C(=O)Nc1ccnc2[nH]ccc12. The first-order valence-electron chi connectivity index (χ1n) is 9.55. The Kier molecular flexibility index (Phi) is 5.43. The molecule has 30 heavy (non-hydrogen) atoms. The molecule has 2 heterocycles. The molecular formula is C23H22N6O. The van der Waals surface area contributed by atoms with Crippen LogP contribution in [-0.2, 0) is 6.54 Å². The van der Waals surface area contributed by atoms with E-state index in [0.717, 1.165) is 27.8 Å². The lowest BCUT2D eigenvalue weighted by Crippen LogP contribution is -2.23. The average molecular weight is 398 g/mol. The number of nitrogens with one attached hydrogen (secondary N) is 3. The zero-order chi connectivity index (χ0) is 20.9. The van der Waals surface area contributed by atoms with Crippen LogP contribution in [0, 0.1) is 6.92 Å². The van der Waals surface area contributed by atoms with E-state index in [1.807, 2.05) is 55.5 Å². The minimum Gasteiger partial charge on any atom is -0.370 e. The molecule has 1 amide bonds. The number of aryl methyl sites for hydroxylation is 1. The van der Waals surface area contributed by atoms with Crippen LogP contribution in [0.5, 0.6) is 0 Å². The zero-order valence-corrected chi connectivity index (χ0v) is 16.5. The van der Waals surface area contributed by atoms with E-state index in [1.54, 1.807) is 24.5 Å². The van der Waals surface area contributed by atoms with Crippen LogP contribution in [0.1, 0.15) is 21.5 Å². The Labute approximate surface area is 174 Å². The number of nitrogens with two attached hydrogens (primary N) is 1. The van der Waals surface area contributed by atoms with Gasteiger partial charge in [0.25, 0.3) is 5.91 Å². The molecule has 0 atom stereocenters. The number of rotatable bonds is 5. The second-order valence-electron chi connectivity index (χ2n) is 6.89. The molecule has 150 valence electrons. The molecule has 0 saturated heterocycles. The second kappa shape index (κ2) is 8.48. The lowest BCUT2D eigenvalue weighted by molar-refractivity contribution is 0.102. The molecule has 0 radical (unpaired) electrons. The van der Waals surface area contributed by atoms with Crippen LogP contribution >= 0.6 is 0 Å². The normalized spacial score (nSPS) is 11.4. The Balaban J connectivity index is 1.45. The van der Waals surface area contributed by atoms with E-state index in [0.29, 0.717) is 23.8 Å². The molecule has 0 aliphatic carbocycles. The third kappa shape index (κ3) is 4.30. The molecule has 0 fully saturated rings. The van der Waals surface area contributed by atoms with Gasteiger partial charge < -0.3 is 21.4 Å². The summed E-state index contributed by atoms with van der Waals surface area (Å²) in [6.45, 7) is 2.38. The summed E-state index contributed by atoms with van der Waals surface area (Å²) in [5, 5.41) is 6.90. The smallest absolute Gasteiger partial charge is 0.255 e. The highest BCUT2D eigenvalue weighted by Gasteiger charge is 2.12. The molecule has 7 nitrogen and oxygen atoms in total. The fourth-order valence-electron chi connectivity index (χ4n) is 3.20. The van der Waals surface area contributed by atoms with Gasteiger partial charge in [0, 0.05) is 29.0 Å². The Morgan fingerprint density at radius 3 is 2.73 bits per heavy atom. The number of amides is 1. The van der Waals surface area contributed by atoms with Gasteiger partial charge in [-0.3, -0.25) is 4.79 Å². The first-order valence-corrected chi connectivity index (χ1v) is 9.55. The summed E-state index contributed by atoms with van der Waals surface area (Å²) in [6, 6.07) is 19.0. The number of aromatic amines is 1. The van der Waals surface area contributed by atoms with Crippen LogP contribution in [0.3, 0.4) is 0 Å². The number of nitrogens with zero attached hydrogens (tertiary/aromatic N) is 2. The summed E-state index contributed by atoms with van der Waals surface area (Å²) in [5.74, 6) is 0.139. The lowest BCUT2D eigenvalue weighted by atomic mass is 10.1. The Hall–Kier alpha value is -4.13. The van der Waals surface area contributed by atoms with Gasteiger partial charge in [0.2, 0.25) is 0 Å². The summed E-state index contributed by atoms with van der Waals surface area (Å²) >= 11 is 0. The molecule has 4 rings (SSSR count). The molecule has 2 aromatic heterocycles. The van der Waals surface area contributed by atoms with Crippen LogP contribution in [0.2, 0.25) is 0 Å². The number of H-pyrrole nitrogens is 1. The number of aliphatic imine (C=N–C) groups is 1. The summed E-state index contributed by atoms with van der Waals surface area (Å²) in [4.78, 5) is 24.4. The lowest BCUT2D eigenvalue weighted by Gasteiger charge is -2.11. The Bertz CT molecular complexity index is 1210. The number of carbonyl (C=O) groups is 1. The number of fused-ring (bicyclic) bond motifs is 1. The fourth-order valence-corrected chi connectivity index (χ4v) is 3.20. The van der Waals surface area contributed by atoms with Gasteiger partial charge in [-0.25, -0.2) is 9.98 Å². The predicted octanol–water partition coefficient (Wildman–Crippen LogP) is 4.05. The minimum atomic E-state index is -0.182. The maximum atomic E-state index is 12.8. The molecule has 0 unspecified atom stereocenters. The fraction of sp³-hybridized carbons (Fsp3) is 0.0870. The monoisotopic (exact) mass is 398 g/mol. The molecule has 7 heteroatoms. The maximum Gasteiger partial charge on any atom is 0.255 e. The molecule has 0 saturated carbocycles. The van der Waals surface area contributed by atoms with Crippen LogP contribution in [-0.4, -0.2) is 21.8 Å². The average Bonchev–Trinajstić information content (AvgIpc) is 3.23. The van der Waals surface area contributed by atoms with Crippen LogP contribution in [0.25, 0.3) is 11.0 Å². The first-order chi connectivity index (χ1) is 14.6. The number of hydrogen-bond acceptors (Lipinski definition) is 3. The summed E-state index contributed by atoms with van der Waals surface area (Å²) in [6.07, 6.45) is 3.45. The summed E-state index contributed by atoms with van der Waals surface area (Å²) in [5.41, 5.74) is 10.7. The molecule has 4 aromatic rings. The van der Waals surface area contributed by atoms with Crippen molar-refractivity contribution in [1.82, 2.24) is 9.97 Å². The van der Waals surface area contributed by atoms with Crippen molar-refractivity contribution in [3.05, 3.63) is 89.7 Å². The van der Waals surface area contributed by atoms with E-state index in [4.69, 9.17) is 5.73 Å². The summed E-state index contributed by atoms with van der Waals surface area (Å²) in [7, 11) is 0. The minimum absolute atomic E-state index is 0.182. The van der Waals surface area contributed by atoms with E-state index in [9.17, 15) is 4.79 Å². The maximum absolute atomic E-state index is 12.8. The largest absolute Gasteiger partial charge is 0.370 e. The van der Waals surface area contributed by atoms with Crippen LogP contribution < -0.4 is 16.4 Å². The van der Waals surface area contributed by atoms with Crippen molar-refractivity contribution in [2.24, 2.45) is 10.7 Å². The third-order valence-electron chi connectivity index (χ3n) is 4.73. The number of pyridine rings is 1. The molecule has 0 bridgehead atoms. The van der Waals surface area contributed by atoms with Crippen LogP contribution in [0.15, 0.2) is 78.0 Å². The van der Waals surface area contributed by atoms with E-state index in [2.05, 4.69) is 25.6 Å². The Morgan fingerprint density at radius 1 is 1.10 bits per heavy atom. The summed E-state index contributed by atoms with van der Waals surface area (Å²) < 4.78 is 0. The highest BCUT2D eigenvalue weighted by molar-refractivity contribution is 6.09. The molecule has 2 aromatic carbocycles. The topological polar surface area (TPSA) is 108 Å². The number of carbonyl (C=O) groups excluding carboxylic acids is 1. The van der Waals surface area contributed by atoms with Crippen molar-refractivity contribution < 1.29 is 4.79 Å². The van der Waals surface area contributed by atoms with Gasteiger partial charge in [0.15, 0.2) is 5.96 Å². The predicted molar refractivity (Wildman–Crippen MR) is 121 cm³/mol. The number of hydrogen-bond donors (Lipinski definition) is 4. The van der Waals surface area contributed by atoms with Gasteiger partial charge in [-0.05, 0) is 48.4 Å². The van der Waals surface area contributed by atoms with Crippen molar-refractivity contribution in [3.8, 4) is 0 Å². The van der Waals surface area contributed by atoms with Crippen LogP contribution in [0.4, 0.5) is 11.4 Å². The van der Waals surface area contributed by atoms with Crippen molar-refractivity contribution in [3.63, 3.8) is 0 Å². The number of guanidine groups is 1. The highest BCUT2D eigenvalue weighted by atomic mass is 16.1. The van der Waals surface area contributed by atoms with E-state index < -0.39 is 0 Å². The first kappa shape index (κ1) is 19.2. The van der Waals surface area contributed by atoms with Gasteiger partial charge in [0.1, 0.15) is 5.65 Å². The molecule has 0 spiro atoms. The van der Waals surface area contributed by atoms with Gasteiger partial charge in [-0.15, -0.1) is 0 Å². The zero-order valence-electron chi connectivity index (χ0n) is 16.5. The quantitative estimate of drug-likeness (QED) is 0.300. The third-order valence-corrected chi connectivity index (χ3v) is 4.73. The van der Waals surface area contributed by atoms with Gasteiger partial charge in [-0.1, -0.05) is 30.3 Å². The molecule has 5 N–H and O–H groups in total. The Morgan fingerprint density at radius 2 is 1.93 bits per heavy atom. The number of benzene rings is 2. The van der Waals surface area contributed by atoms with E-state index in [1.165, 1.54) is 0 Å². The highest BCUT2D eigenvalue weighted by Crippen LogP contribution is 2.22. The van der Waals surface area contributed by atoms with Gasteiger partial charge in [0.05, 0.1) is 12.2 Å². The van der Waals surface area contributed by atoms with Crippen molar-refractivity contribution in [2.75, 3.05) is 10.6 Å². The van der Waals surface area contributed by atoms with E-state index >= 15 is 0 Å². The van der Waals surface area contributed by atoms with Crippen molar-refractivity contribution in [1.29, 1.82) is 0 Å². The standard InChI is InChI=1S/C23H22N6O/c1-15-13-17(28-23(24)27-14-16-5-3-2-4-6-16)7-8-18(15)22(30)29-20-10-12-26-21-19(20)9-11-25-21/h2-13H,14H2,1H3,(H3,24,27,28)(H2,25,26,29,30). The number of anilines is 2. The molecule has 0 aliphatic rings. The van der Waals surface area contributed by atoms with Gasteiger partial charge in [-0.2, -0.15) is 0 Å². The van der Waals surface area contributed by atoms with E-state index in [-0.39, 0.29) is 5.91 Å². The molecular weight excluding hydrogens is 376 g/mol. The number of aromatic nitrogens is 2. The second-order valence-corrected chi connectivity index (χ2v) is 6.89. The van der Waals surface area contributed by atoms with Gasteiger partial charge >= 0.3 is 0 Å². The van der Waals surface area contributed by atoms with Crippen molar-refractivity contribution >= 4 is 34.3 Å². The molecule has 0 aliphatic heterocycles.